The van der Waals surface area contributed by atoms with Crippen LogP contribution < -0.4 is 0 Å². The van der Waals surface area contributed by atoms with E-state index in [1.54, 1.807) is 17.8 Å². The van der Waals surface area contributed by atoms with E-state index in [9.17, 15) is 4.79 Å². The maximum Gasteiger partial charge on any atom is 0.155 e. The van der Waals surface area contributed by atoms with E-state index in [2.05, 4.69) is 10.1 Å². The van der Waals surface area contributed by atoms with Crippen LogP contribution in [-0.4, -0.2) is 21.3 Å². The Balaban J connectivity index is 2.32. The molecule has 0 bridgehead atoms. The lowest BCUT2D eigenvalue weighted by molar-refractivity contribution is -0.115. The number of benzene rings is 1. The standard InChI is InChI=1S/C14H15N3O/c1-11(10-12(2)18)16-14-8-9-15-17(14)13-6-4-3-5-7-13/h3-9H,10H2,1-2H3/b16-11-. The molecule has 0 fully saturated rings. The Bertz CT molecular complexity index is 570. The lowest BCUT2D eigenvalue weighted by Crippen LogP contribution is -2.01. The quantitative estimate of drug-likeness (QED) is 0.772. The third-order valence-electron chi connectivity index (χ3n) is 2.43. The van der Waals surface area contributed by atoms with E-state index in [-0.39, 0.29) is 5.78 Å². The maximum absolute atomic E-state index is 11.0. The maximum atomic E-state index is 11.0. The van der Waals surface area contributed by atoms with Crippen molar-refractivity contribution in [1.29, 1.82) is 0 Å². The molecule has 0 unspecified atom stereocenters. The summed E-state index contributed by atoms with van der Waals surface area (Å²) in [6.45, 7) is 3.41. The number of carbonyl (C=O) groups excluding carboxylic acids is 1. The number of aromatic nitrogens is 2. The molecule has 0 aliphatic rings. The van der Waals surface area contributed by atoms with E-state index in [1.165, 1.54) is 0 Å². The van der Waals surface area contributed by atoms with Crippen LogP contribution in [0, 0.1) is 0 Å². The van der Waals surface area contributed by atoms with E-state index in [0.717, 1.165) is 17.2 Å². The first-order valence-electron chi connectivity index (χ1n) is 5.80. The zero-order valence-corrected chi connectivity index (χ0v) is 10.5. The highest BCUT2D eigenvalue weighted by molar-refractivity contribution is 6.00. The molecule has 1 aromatic heterocycles. The van der Waals surface area contributed by atoms with Gasteiger partial charge in [-0.3, -0.25) is 4.79 Å². The fourth-order valence-electron chi connectivity index (χ4n) is 1.74. The van der Waals surface area contributed by atoms with Gasteiger partial charge in [-0.1, -0.05) is 18.2 Å². The number of aliphatic imine (C=N–C) groups is 1. The molecule has 1 heterocycles. The summed E-state index contributed by atoms with van der Waals surface area (Å²) in [6.07, 6.45) is 2.08. The summed E-state index contributed by atoms with van der Waals surface area (Å²) in [4.78, 5) is 15.5. The van der Waals surface area contributed by atoms with Crippen LogP contribution in [0.3, 0.4) is 0 Å². The van der Waals surface area contributed by atoms with Gasteiger partial charge in [0.2, 0.25) is 0 Å². The predicted molar refractivity (Wildman–Crippen MR) is 71.6 cm³/mol. The molecule has 0 atom stereocenters. The van der Waals surface area contributed by atoms with Crippen LogP contribution in [0.5, 0.6) is 0 Å². The Morgan fingerprint density at radius 2 is 1.94 bits per heavy atom. The number of para-hydroxylation sites is 1. The second kappa shape index (κ2) is 5.40. The van der Waals surface area contributed by atoms with E-state index >= 15 is 0 Å². The molecule has 0 amide bonds. The molecule has 92 valence electrons. The molecular formula is C14H15N3O. The van der Waals surface area contributed by atoms with Crippen LogP contribution in [0.2, 0.25) is 0 Å². The highest BCUT2D eigenvalue weighted by Crippen LogP contribution is 2.17. The van der Waals surface area contributed by atoms with Crippen molar-refractivity contribution < 1.29 is 4.79 Å². The number of nitrogens with zero attached hydrogens (tertiary/aromatic N) is 3. The molecule has 0 saturated heterocycles. The molecule has 0 aliphatic heterocycles. The van der Waals surface area contributed by atoms with E-state index in [0.29, 0.717) is 6.42 Å². The summed E-state index contributed by atoms with van der Waals surface area (Å²) in [6, 6.07) is 11.6. The number of Topliss-reactive ketones (excluding diaryl/α,β-unsaturated/α-hetero) is 1. The first kappa shape index (κ1) is 12.2. The smallest absolute Gasteiger partial charge is 0.155 e. The van der Waals surface area contributed by atoms with Gasteiger partial charge < -0.3 is 0 Å². The van der Waals surface area contributed by atoms with Gasteiger partial charge in [-0.2, -0.15) is 5.10 Å². The van der Waals surface area contributed by atoms with Crippen LogP contribution >= 0.6 is 0 Å². The summed E-state index contributed by atoms with van der Waals surface area (Å²) in [7, 11) is 0. The molecule has 2 aromatic rings. The zero-order chi connectivity index (χ0) is 13.0. The van der Waals surface area contributed by atoms with Crippen molar-refractivity contribution in [2.45, 2.75) is 20.3 Å². The van der Waals surface area contributed by atoms with Gasteiger partial charge in [0, 0.05) is 18.2 Å². The third kappa shape index (κ3) is 2.91. The van der Waals surface area contributed by atoms with Crippen LogP contribution in [-0.2, 0) is 4.79 Å². The monoisotopic (exact) mass is 241 g/mol. The lowest BCUT2D eigenvalue weighted by atomic mass is 10.2. The van der Waals surface area contributed by atoms with Gasteiger partial charge >= 0.3 is 0 Å². The van der Waals surface area contributed by atoms with Gasteiger partial charge in [-0.25, -0.2) is 9.67 Å². The highest BCUT2D eigenvalue weighted by atomic mass is 16.1. The van der Waals surface area contributed by atoms with Gasteiger partial charge in [-0.15, -0.1) is 0 Å². The van der Waals surface area contributed by atoms with Crippen LogP contribution in [0.25, 0.3) is 5.69 Å². The molecule has 1 aromatic carbocycles. The molecule has 0 spiro atoms. The lowest BCUT2D eigenvalue weighted by Gasteiger charge is -2.04. The minimum atomic E-state index is 0.113. The van der Waals surface area contributed by atoms with Gasteiger partial charge in [0.25, 0.3) is 0 Å². The average molecular weight is 241 g/mol. The normalized spacial score (nSPS) is 11.6. The Kier molecular flexibility index (Phi) is 3.67. The molecule has 4 nitrogen and oxygen atoms in total. The van der Waals surface area contributed by atoms with Gasteiger partial charge in [0.15, 0.2) is 5.82 Å². The van der Waals surface area contributed by atoms with Crippen LogP contribution in [0.4, 0.5) is 5.82 Å². The van der Waals surface area contributed by atoms with Gasteiger partial charge in [0.05, 0.1) is 11.9 Å². The minimum Gasteiger partial charge on any atom is -0.300 e. The zero-order valence-electron chi connectivity index (χ0n) is 10.5. The third-order valence-corrected chi connectivity index (χ3v) is 2.43. The fraction of sp³-hybridized carbons (Fsp3) is 0.214. The molecule has 0 aliphatic carbocycles. The number of hydrogen-bond donors (Lipinski definition) is 0. The molecule has 4 heteroatoms. The van der Waals surface area contributed by atoms with Crippen LogP contribution in [0.1, 0.15) is 20.3 Å². The molecular weight excluding hydrogens is 226 g/mol. The molecule has 2 rings (SSSR count). The molecule has 0 saturated carbocycles. The van der Waals surface area contributed by atoms with Crippen molar-refractivity contribution in [3.05, 3.63) is 42.6 Å². The van der Waals surface area contributed by atoms with Crippen molar-refractivity contribution >= 4 is 17.3 Å². The topological polar surface area (TPSA) is 47.2 Å². The summed E-state index contributed by atoms with van der Waals surface area (Å²) in [5, 5.41) is 4.24. The van der Waals surface area contributed by atoms with E-state index < -0.39 is 0 Å². The minimum absolute atomic E-state index is 0.113. The van der Waals surface area contributed by atoms with Crippen molar-refractivity contribution in [3.8, 4) is 5.69 Å². The average Bonchev–Trinajstić information content (AvgIpc) is 2.77. The second-order valence-electron chi connectivity index (χ2n) is 4.16. The highest BCUT2D eigenvalue weighted by Gasteiger charge is 2.04. The fourth-order valence-corrected chi connectivity index (χ4v) is 1.74. The summed E-state index contributed by atoms with van der Waals surface area (Å²) < 4.78 is 1.75. The molecule has 0 radical (unpaired) electrons. The van der Waals surface area contributed by atoms with Gasteiger partial charge in [-0.05, 0) is 26.0 Å². The number of carbonyl (C=O) groups is 1. The Hall–Kier alpha value is -2.23. The SMILES string of the molecule is CC(=O)C/C(C)=N\c1ccnn1-c1ccccc1. The first-order valence-corrected chi connectivity index (χ1v) is 5.80. The second-order valence-corrected chi connectivity index (χ2v) is 4.16. The Morgan fingerprint density at radius 1 is 1.22 bits per heavy atom. The van der Waals surface area contributed by atoms with Gasteiger partial charge in [0.1, 0.15) is 5.78 Å². The van der Waals surface area contributed by atoms with Crippen molar-refractivity contribution in [2.24, 2.45) is 4.99 Å². The molecule has 0 N–H and O–H groups in total. The van der Waals surface area contributed by atoms with E-state index in [1.807, 2.05) is 43.3 Å². The first-order chi connectivity index (χ1) is 8.66. The summed E-state index contributed by atoms with van der Waals surface area (Å²) >= 11 is 0. The van der Waals surface area contributed by atoms with Crippen molar-refractivity contribution in [1.82, 2.24) is 9.78 Å². The largest absolute Gasteiger partial charge is 0.300 e. The number of hydrogen-bond acceptors (Lipinski definition) is 3. The van der Waals surface area contributed by atoms with E-state index in [4.69, 9.17) is 0 Å². The Labute approximate surface area is 106 Å². The van der Waals surface area contributed by atoms with Crippen LogP contribution in [0.15, 0.2) is 47.6 Å². The summed E-state index contributed by atoms with van der Waals surface area (Å²) in [5.74, 6) is 0.849. The summed E-state index contributed by atoms with van der Waals surface area (Å²) in [5.41, 5.74) is 1.75. The predicted octanol–water partition coefficient (Wildman–Crippen LogP) is 2.94. The number of rotatable bonds is 4. The number of ketones is 1. The Morgan fingerprint density at radius 3 is 2.61 bits per heavy atom. The van der Waals surface area contributed by atoms with Crippen molar-refractivity contribution in [3.63, 3.8) is 0 Å². The molecule has 18 heavy (non-hydrogen) atoms. The van der Waals surface area contributed by atoms with Crippen molar-refractivity contribution in [2.75, 3.05) is 0 Å².